The summed E-state index contributed by atoms with van der Waals surface area (Å²) < 4.78 is 16.3. The molecule has 0 aromatic heterocycles. The first-order valence-corrected chi connectivity index (χ1v) is 7.64. The Balaban J connectivity index is 1.59. The van der Waals surface area contributed by atoms with Gasteiger partial charge >= 0.3 is 11.9 Å². The summed E-state index contributed by atoms with van der Waals surface area (Å²) in [5.74, 6) is 0.345. The Bertz CT molecular complexity index is 485. The summed E-state index contributed by atoms with van der Waals surface area (Å²) in [5, 5.41) is 0. The number of rotatable bonds is 4. The summed E-state index contributed by atoms with van der Waals surface area (Å²) in [6.45, 7) is 6.70. The van der Waals surface area contributed by atoms with Crippen molar-refractivity contribution in [1.82, 2.24) is 0 Å². The summed E-state index contributed by atoms with van der Waals surface area (Å²) in [7, 11) is 0. The van der Waals surface area contributed by atoms with Crippen LogP contribution in [0, 0.1) is 11.8 Å². The molecule has 0 aromatic carbocycles. The standard InChI is InChI=1S/C16H22O5/c1-9(2)14(17)20-10(3)19-13-8-16(21-15(13)18)7-11-4-5-12(16)6-11/h10-13H,1,4-8H2,2-3H3. The van der Waals surface area contributed by atoms with Gasteiger partial charge in [-0.1, -0.05) is 6.58 Å². The molecule has 0 N–H and O–H groups in total. The van der Waals surface area contributed by atoms with Gasteiger partial charge in [0.05, 0.1) is 0 Å². The van der Waals surface area contributed by atoms with Crippen LogP contribution in [0.3, 0.4) is 0 Å². The number of fused-ring (bicyclic) bond motifs is 3. The number of hydrogen-bond donors (Lipinski definition) is 0. The molecule has 1 spiro atoms. The van der Waals surface area contributed by atoms with Crippen LogP contribution in [0.25, 0.3) is 0 Å². The summed E-state index contributed by atoms with van der Waals surface area (Å²) in [6.07, 6.45) is 3.70. The van der Waals surface area contributed by atoms with Gasteiger partial charge in [-0.2, -0.15) is 0 Å². The zero-order valence-corrected chi connectivity index (χ0v) is 12.6. The van der Waals surface area contributed by atoms with Crippen LogP contribution < -0.4 is 0 Å². The Morgan fingerprint density at radius 2 is 2.19 bits per heavy atom. The Morgan fingerprint density at radius 3 is 2.76 bits per heavy atom. The maximum Gasteiger partial charge on any atom is 0.336 e. The van der Waals surface area contributed by atoms with Gasteiger partial charge in [0.2, 0.25) is 6.29 Å². The first kappa shape index (κ1) is 14.6. The second kappa shape index (κ2) is 5.13. The SMILES string of the molecule is C=C(C)C(=O)OC(C)OC1CC2(CC3CCC2C3)OC1=O. The molecule has 21 heavy (non-hydrogen) atoms. The fraction of sp³-hybridized carbons (Fsp3) is 0.750. The predicted octanol–water partition coefficient (Wildman–Crippen LogP) is 2.34. The molecule has 1 heterocycles. The van der Waals surface area contributed by atoms with Gasteiger partial charge in [-0.05, 0) is 51.4 Å². The number of hydrogen-bond acceptors (Lipinski definition) is 5. The van der Waals surface area contributed by atoms with E-state index in [1.54, 1.807) is 13.8 Å². The van der Waals surface area contributed by atoms with Gasteiger partial charge in [0.25, 0.3) is 0 Å². The van der Waals surface area contributed by atoms with Crippen molar-refractivity contribution < 1.29 is 23.8 Å². The lowest BCUT2D eigenvalue weighted by molar-refractivity contribution is -0.186. The second-order valence-electron chi connectivity index (χ2n) is 6.65. The highest BCUT2D eigenvalue weighted by molar-refractivity contribution is 5.87. The van der Waals surface area contributed by atoms with Crippen LogP contribution >= 0.6 is 0 Å². The van der Waals surface area contributed by atoms with Gasteiger partial charge < -0.3 is 14.2 Å². The maximum absolute atomic E-state index is 12.1. The summed E-state index contributed by atoms with van der Waals surface area (Å²) >= 11 is 0. The van der Waals surface area contributed by atoms with Crippen LogP contribution in [0.5, 0.6) is 0 Å². The van der Waals surface area contributed by atoms with Crippen LogP contribution in [0.4, 0.5) is 0 Å². The molecule has 5 heteroatoms. The van der Waals surface area contributed by atoms with Crippen molar-refractivity contribution in [2.24, 2.45) is 11.8 Å². The fourth-order valence-corrected chi connectivity index (χ4v) is 4.09. The van der Waals surface area contributed by atoms with E-state index in [1.807, 2.05) is 0 Å². The van der Waals surface area contributed by atoms with E-state index in [0.29, 0.717) is 23.8 Å². The quantitative estimate of drug-likeness (QED) is 0.452. The maximum atomic E-state index is 12.1. The first-order valence-electron chi connectivity index (χ1n) is 7.64. The third kappa shape index (κ3) is 2.59. The van der Waals surface area contributed by atoms with Crippen LogP contribution in [0.15, 0.2) is 12.2 Å². The molecule has 116 valence electrons. The third-order valence-corrected chi connectivity index (χ3v) is 4.99. The topological polar surface area (TPSA) is 61.8 Å². The molecule has 2 saturated carbocycles. The lowest BCUT2D eigenvalue weighted by atomic mass is 9.82. The minimum atomic E-state index is -0.777. The average molecular weight is 294 g/mol. The fourth-order valence-electron chi connectivity index (χ4n) is 4.09. The second-order valence-corrected chi connectivity index (χ2v) is 6.65. The lowest BCUT2D eigenvalue weighted by Gasteiger charge is -2.31. The largest absolute Gasteiger partial charge is 0.457 e. The molecule has 0 amide bonds. The third-order valence-electron chi connectivity index (χ3n) is 4.99. The molecular formula is C16H22O5. The minimum Gasteiger partial charge on any atom is -0.457 e. The van der Waals surface area contributed by atoms with Crippen LogP contribution in [0.2, 0.25) is 0 Å². The number of ether oxygens (including phenoxy) is 3. The zero-order valence-electron chi connectivity index (χ0n) is 12.6. The average Bonchev–Trinajstić information content (AvgIpc) is 3.05. The first-order chi connectivity index (χ1) is 9.89. The molecule has 0 aromatic rings. The van der Waals surface area contributed by atoms with E-state index >= 15 is 0 Å². The van der Waals surface area contributed by atoms with Crippen molar-refractivity contribution in [3.05, 3.63) is 12.2 Å². The smallest absolute Gasteiger partial charge is 0.336 e. The summed E-state index contributed by atoms with van der Waals surface area (Å²) in [4.78, 5) is 23.5. The van der Waals surface area contributed by atoms with Gasteiger partial charge in [0.1, 0.15) is 5.60 Å². The van der Waals surface area contributed by atoms with Gasteiger partial charge in [0.15, 0.2) is 6.10 Å². The zero-order chi connectivity index (χ0) is 15.2. The lowest BCUT2D eigenvalue weighted by Crippen LogP contribution is -2.35. The van der Waals surface area contributed by atoms with E-state index in [2.05, 4.69) is 6.58 Å². The monoisotopic (exact) mass is 294 g/mol. The molecule has 2 aliphatic carbocycles. The van der Waals surface area contributed by atoms with Crippen molar-refractivity contribution in [3.63, 3.8) is 0 Å². The van der Waals surface area contributed by atoms with Gasteiger partial charge in [-0.25, -0.2) is 9.59 Å². The van der Waals surface area contributed by atoms with E-state index in [-0.39, 0.29) is 11.6 Å². The molecule has 5 unspecified atom stereocenters. The highest BCUT2D eigenvalue weighted by atomic mass is 16.7. The number of carbonyl (C=O) groups excluding carboxylic acids is 2. The highest BCUT2D eigenvalue weighted by Crippen LogP contribution is 2.56. The Kier molecular flexibility index (Phi) is 3.56. The van der Waals surface area contributed by atoms with Gasteiger partial charge in [0, 0.05) is 12.0 Å². The molecule has 1 saturated heterocycles. The van der Waals surface area contributed by atoms with Crippen LogP contribution in [-0.4, -0.2) is 29.9 Å². The summed E-state index contributed by atoms with van der Waals surface area (Å²) in [6, 6.07) is 0. The van der Waals surface area contributed by atoms with Crippen molar-refractivity contribution in [3.8, 4) is 0 Å². The van der Waals surface area contributed by atoms with Gasteiger partial charge in [-0.15, -0.1) is 0 Å². The van der Waals surface area contributed by atoms with Crippen LogP contribution in [-0.2, 0) is 23.8 Å². The molecule has 0 radical (unpaired) electrons. The Hall–Kier alpha value is -1.36. The molecule has 3 rings (SSSR count). The summed E-state index contributed by atoms with van der Waals surface area (Å²) in [5.41, 5.74) is -0.00744. The highest BCUT2D eigenvalue weighted by Gasteiger charge is 2.59. The molecule has 5 atom stereocenters. The minimum absolute atomic E-state index is 0.309. The normalized spacial score (nSPS) is 38.6. The Morgan fingerprint density at radius 1 is 1.43 bits per heavy atom. The van der Waals surface area contributed by atoms with Crippen LogP contribution in [0.1, 0.15) is 46.0 Å². The Labute approximate surface area is 124 Å². The number of carbonyl (C=O) groups is 2. The molecular weight excluding hydrogens is 272 g/mol. The molecule has 2 bridgehead atoms. The van der Waals surface area contributed by atoms with Crippen molar-refractivity contribution >= 4 is 11.9 Å². The molecule has 1 aliphatic heterocycles. The number of esters is 2. The predicted molar refractivity (Wildman–Crippen MR) is 74.1 cm³/mol. The molecule has 5 nitrogen and oxygen atoms in total. The van der Waals surface area contributed by atoms with Crippen molar-refractivity contribution in [2.75, 3.05) is 0 Å². The van der Waals surface area contributed by atoms with E-state index in [1.165, 1.54) is 12.8 Å². The molecule has 3 fully saturated rings. The van der Waals surface area contributed by atoms with Gasteiger partial charge in [-0.3, -0.25) is 0 Å². The van der Waals surface area contributed by atoms with E-state index in [9.17, 15) is 9.59 Å². The van der Waals surface area contributed by atoms with E-state index in [0.717, 1.165) is 12.8 Å². The van der Waals surface area contributed by atoms with Crippen molar-refractivity contribution in [1.29, 1.82) is 0 Å². The van der Waals surface area contributed by atoms with Crippen molar-refractivity contribution in [2.45, 2.75) is 63.9 Å². The van der Waals surface area contributed by atoms with E-state index in [4.69, 9.17) is 14.2 Å². The van der Waals surface area contributed by atoms with E-state index < -0.39 is 18.4 Å². The molecule has 3 aliphatic rings.